The second-order valence-corrected chi connectivity index (χ2v) is 11.9. The summed E-state index contributed by atoms with van der Waals surface area (Å²) < 4.78 is 35.7. The maximum atomic E-state index is 13.9. The average Bonchev–Trinajstić information content (AvgIpc) is 3.31. The summed E-state index contributed by atoms with van der Waals surface area (Å²) >= 11 is 9.55. The molecule has 5 rings (SSSR count). The number of ether oxygens (including phenoxy) is 1. The van der Waals surface area contributed by atoms with E-state index in [1.54, 1.807) is 12.0 Å². The Labute approximate surface area is 229 Å². The summed E-state index contributed by atoms with van der Waals surface area (Å²) in [6, 6.07) is 16.4. The number of fused-ring (bicyclic) bond motifs is 2. The Hall–Kier alpha value is -2.85. The van der Waals surface area contributed by atoms with Crippen molar-refractivity contribution in [1.29, 1.82) is 0 Å². The molecule has 0 spiro atoms. The highest BCUT2D eigenvalue weighted by Gasteiger charge is 2.33. The highest BCUT2D eigenvalue weighted by Crippen LogP contribution is 2.34. The minimum absolute atomic E-state index is 0.0464. The van der Waals surface area contributed by atoms with Crippen LogP contribution in [-0.2, 0) is 34.2 Å². The van der Waals surface area contributed by atoms with Gasteiger partial charge in [-0.1, -0.05) is 45.7 Å². The highest BCUT2D eigenvalue weighted by atomic mass is 79.9. The number of sulfonamides is 1. The van der Waals surface area contributed by atoms with Gasteiger partial charge in [-0.2, -0.15) is 4.72 Å². The normalized spacial score (nSPS) is 14.4. The van der Waals surface area contributed by atoms with Crippen LogP contribution in [0.2, 0.25) is 5.02 Å². The Morgan fingerprint density at radius 1 is 1.14 bits per heavy atom. The molecule has 2 heterocycles. The van der Waals surface area contributed by atoms with Crippen molar-refractivity contribution in [3.8, 4) is 5.75 Å². The fraction of sp³-hybridized carbons (Fsp3) is 0.222. The lowest BCUT2D eigenvalue weighted by Crippen LogP contribution is -2.50. The molecule has 1 atom stereocenters. The minimum atomic E-state index is -3.99. The van der Waals surface area contributed by atoms with Crippen LogP contribution in [0.1, 0.15) is 16.7 Å². The Kier molecular flexibility index (Phi) is 7.31. The van der Waals surface area contributed by atoms with Crippen LogP contribution in [0.4, 0.5) is 0 Å². The number of amides is 1. The molecule has 1 aliphatic heterocycles. The number of para-hydroxylation sites is 1. The van der Waals surface area contributed by atoms with Crippen molar-refractivity contribution >= 4 is 54.4 Å². The maximum Gasteiger partial charge on any atom is 0.241 e. The number of carbonyl (C=O) groups is 1. The molecule has 0 unspecified atom stereocenters. The predicted octanol–water partition coefficient (Wildman–Crippen LogP) is 5.07. The van der Waals surface area contributed by atoms with E-state index in [1.807, 2.05) is 42.6 Å². The summed E-state index contributed by atoms with van der Waals surface area (Å²) in [5.41, 5.74) is 3.79. The predicted molar refractivity (Wildman–Crippen MR) is 147 cm³/mol. The minimum Gasteiger partial charge on any atom is -0.496 e. The fourth-order valence-electron chi connectivity index (χ4n) is 4.77. The first kappa shape index (κ1) is 25.8. The molecule has 0 saturated heterocycles. The van der Waals surface area contributed by atoms with Crippen molar-refractivity contribution in [2.75, 3.05) is 13.7 Å². The number of benzene rings is 3. The van der Waals surface area contributed by atoms with Crippen molar-refractivity contribution in [3.05, 3.63) is 93.0 Å². The number of methoxy groups -OCH3 is 1. The lowest BCUT2D eigenvalue weighted by molar-refractivity contribution is -0.133. The van der Waals surface area contributed by atoms with Gasteiger partial charge in [0.1, 0.15) is 11.8 Å². The summed E-state index contributed by atoms with van der Waals surface area (Å²) in [5.74, 6) is 0.493. The Balaban J connectivity index is 1.48. The van der Waals surface area contributed by atoms with Gasteiger partial charge >= 0.3 is 0 Å². The number of aromatic amines is 1. The van der Waals surface area contributed by atoms with Gasteiger partial charge in [0.25, 0.3) is 0 Å². The van der Waals surface area contributed by atoms with E-state index in [0.717, 1.165) is 37.8 Å². The van der Waals surface area contributed by atoms with Crippen molar-refractivity contribution in [1.82, 2.24) is 14.6 Å². The molecule has 10 heteroatoms. The SMILES string of the molecule is COc1ccc(Br)c2c1CCN(C(=O)[C@H](Cc1c[nH]c3ccccc13)NS(=O)(=O)c1ccc(Cl)cc1)C2. The van der Waals surface area contributed by atoms with Crippen LogP contribution >= 0.6 is 27.5 Å². The van der Waals surface area contributed by atoms with E-state index >= 15 is 0 Å². The maximum absolute atomic E-state index is 13.9. The molecule has 0 aliphatic carbocycles. The Bertz CT molecular complexity index is 1570. The number of nitrogens with one attached hydrogen (secondary N) is 2. The van der Waals surface area contributed by atoms with Crippen LogP contribution in [0.5, 0.6) is 5.75 Å². The van der Waals surface area contributed by atoms with E-state index in [4.69, 9.17) is 16.3 Å². The van der Waals surface area contributed by atoms with Crippen molar-refractivity contribution < 1.29 is 17.9 Å². The van der Waals surface area contributed by atoms with E-state index in [0.29, 0.717) is 24.5 Å². The molecule has 7 nitrogen and oxygen atoms in total. The number of H-pyrrole nitrogens is 1. The van der Waals surface area contributed by atoms with Crippen molar-refractivity contribution in [2.45, 2.75) is 30.3 Å². The third-order valence-corrected chi connectivity index (χ3v) is 9.14. The quantitative estimate of drug-likeness (QED) is 0.309. The standard InChI is InChI=1S/C27H25BrClN3O4S/c1-36-26-11-10-23(28)22-16-32(13-12-21(22)26)27(33)25(14-17-15-30-24-5-3-2-4-20(17)24)31-37(34,35)19-8-6-18(29)7-9-19/h2-11,15,25,30-31H,12-14,16H2,1H3/t25-/m0/s1. The van der Waals surface area contributed by atoms with E-state index in [-0.39, 0.29) is 17.2 Å². The van der Waals surface area contributed by atoms with Gasteiger partial charge in [0.2, 0.25) is 15.9 Å². The Morgan fingerprint density at radius 3 is 2.65 bits per heavy atom. The smallest absolute Gasteiger partial charge is 0.241 e. The molecular weight excluding hydrogens is 578 g/mol. The van der Waals surface area contributed by atoms with Crippen molar-refractivity contribution in [3.63, 3.8) is 0 Å². The van der Waals surface area contributed by atoms with Crippen LogP contribution in [-0.4, -0.2) is 43.9 Å². The lowest BCUT2D eigenvalue weighted by atomic mass is 9.97. The van der Waals surface area contributed by atoms with Gasteiger partial charge in [0.05, 0.1) is 12.0 Å². The molecule has 0 saturated carbocycles. The second-order valence-electron chi connectivity index (χ2n) is 8.91. The van der Waals surface area contributed by atoms with Gasteiger partial charge in [-0.3, -0.25) is 4.79 Å². The first-order valence-corrected chi connectivity index (χ1v) is 14.4. The van der Waals surface area contributed by atoms with Gasteiger partial charge in [0.15, 0.2) is 0 Å². The number of hydrogen-bond donors (Lipinski definition) is 2. The lowest BCUT2D eigenvalue weighted by Gasteiger charge is -2.33. The van der Waals surface area contributed by atoms with Crippen LogP contribution in [0.15, 0.2) is 76.2 Å². The fourth-order valence-corrected chi connectivity index (χ4v) is 6.59. The molecule has 192 valence electrons. The molecule has 0 bridgehead atoms. The zero-order chi connectivity index (χ0) is 26.2. The molecule has 1 aliphatic rings. The molecule has 0 fully saturated rings. The zero-order valence-electron chi connectivity index (χ0n) is 20.0. The third-order valence-electron chi connectivity index (χ3n) is 6.66. The molecule has 1 amide bonds. The molecule has 37 heavy (non-hydrogen) atoms. The van der Waals surface area contributed by atoms with E-state index in [9.17, 15) is 13.2 Å². The molecule has 1 aromatic heterocycles. The topological polar surface area (TPSA) is 91.5 Å². The number of halogens is 2. The zero-order valence-corrected chi connectivity index (χ0v) is 23.2. The summed E-state index contributed by atoms with van der Waals surface area (Å²) in [6.45, 7) is 0.796. The summed E-state index contributed by atoms with van der Waals surface area (Å²) in [7, 11) is -2.36. The van der Waals surface area contributed by atoms with Crippen LogP contribution < -0.4 is 9.46 Å². The molecular formula is C27H25BrClN3O4S. The molecule has 2 N–H and O–H groups in total. The number of nitrogens with zero attached hydrogens (tertiary/aromatic N) is 1. The first-order chi connectivity index (χ1) is 17.8. The summed E-state index contributed by atoms with van der Waals surface area (Å²) in [5, 5.41) is 1.38. The monoisotopic (exact) mass is 601 g/mol. The highest BCUT2D eigenvalue weighted by molar-refractivity contribution is 9.10. The number of aromatic nitrogens is 1. The van der Waals surface area contributed by atoms with E-state index in [1.165, 1.54) is 24.3 Å². The van der Waals surface area contributed by atoms with Crippen LogP contribution in [0.25, 0.3) is 10.9 Å². The van der Waals surface area contributed by atoms with Gasteiger partial charge < -0.3 is 14.6 Å². The van der Waals surface area contributed by atoms with Crippen molar-refractivity contribution in [2.24, 2.45) is 0 Å². The van der Waals surface area contributed by atoms with Gasteiger partial charge in [-0.05, 0) is 66.4 Å². The summed E-state index contributed by atoms with van der Waals surface area (Å²) in [6.07, 6.45) is 2.63. The van der Waals surface area contributed by atoms with Gasteiger partial charge in [-0.25, -0.2) is 8.42 Å². The van der Waals surface area contributed by atoms with Crippen LogP contribution in [0, 0.1) is 0 Å². The number of rotatable bonds is 7. The number of hydrogen-bond acceptors (Lipinski definition) is 4. The first-order valence-electron chi connectivity index (χ1n) is 11.7. The summed E-state index contributed by atoms with van der Waals surface area (Å²) in [4.78, 5) is 18.9. The van der Waals surface area contributed by atoms with E-state index in [2.05, 4.69) is 25.6 Å². The third kappa shape index (κ3) is 5.27. The number of carbonyl (C=O) groups excluding carboxylic acids is 1. The van der Waals surface area contributed by atoms with Gasteiger partial charge in [0, 0.05) is 45.2 Å². The largest absolute Gasteiger partial charge is 0.496 e. The molecule has 3 aromatic carbocycles. The molecule has 0 radical (unpaired) electrons. The van der Waals surface area contributed by atoms with E-state index < -0.39 is 16.1 Å². The Morgan fingerprint density at radius 2 is 1.89 bits per heavy atom. The average molecular weight is 603 g/mol. The second kappa shape index (κ2) is 10.5. The molecule has 4 aromatic rings. The van der Waals surface area contributed by atoms with Gasteiger partial charge in [-0.15, -0.1) is 0 Å². The van der Waals surface area contributed by atoms with Crippen LogP contribution in [0.3, 0.4) is 0 Å².